The minimum absolute atomic E-state index is 0.00635. The highest BCUT2D eigenvalue weighted by Crippen LogP contribution is 2.18. The van der Waals surface area contributed by atoms with Gasteiger partial charge in [-0.3, -0.25) is 20.0 Å². The molecule has 2 aromatic carbocycles. The molecule has 0 fully saturated rings. The fraction of sp³-hybridized carbons (Fsp3) is 0.105. The summed E-state index contributed by atoms with van der Waals surface area (Å²) in [6.45, 7) is 2.09. The van der Waals surface area contributed by atoms with E-state index in [0.29, 0.717) is 11.3 Å². The van der Waals surface area contributed by atoms with Crippen molar-refractivity contribution in [1.82, 2.24) is 15.6 Å². The van der Waals surface area contributed by atoms with Crippen LogP contribution in [0.3, 0.4) is 0 Å². The second-order valence-corrected chi connectivity index (χ2v) is 5.77. The number of aromatic nitrogens is 2. The molecule has 0 atom stereocenters. The number of aryl methyl sites for hydroxylation is 1. The quantitative estimate of drug-likeness (QED) is 0.397. The number of rotatable bonds is 6. The molecule has 0 aliphatic rings. The van der Waals surface area contributed by atoms with Crippen LogP contribution in [0.1, 0.15) is 28.5 Å². The van der Waals surface area contributed by atoms with Gasteiger partial charge in [-0.05, 0) is 35.7 Å². The molecular formula is C19H17N5O3. The topological polar surface area (TPSA) is 113 Å². The summed E-state index contributed by atoms with van der Waals surface area (Å²) in [5, 5.41) is 21.3. The molecule has 1 amide bonds. The highest BCUT2D eigenvalue weighted by molar-refractivity contribution is 5.94. The lowest BCUT2D eigenvalue weighted by molar-refractivity contribution is -0.384. The predicted molar refractivity (Wildman–Crippen MR) is 102 cm³/mol. The summed E-state index contributed by atoms with van der Waals surface area (Å²) in [5.41, 5.74) is 6.11. The molecule has 2 N–H and O–H groups in total. The van der Waals surface area contributed by atoms with Crippen molar-refractivity contribution >= 4 is 17.8 Å². The summed E-state index contributed by atoms with van der Waals surface area (Å²) >= 11 is 0. The van der Waals surface area contributed by atoms with Gasteiger partial charge >= 0.3 is 0 Å². The van der Waals surface area contributed by atoms with Crippen LogP contribution in [0.5, 0.6) is 0 Å². The van der Waals surface area contributed by atoms with Crippen LogP contribution in [0, 0.1) is 10.1 Å². The number of aromatic amines is 1. The Morgan fingerprint density at radius 1 is 1.22 bits per heavy atom. The van der Waals surface area contributed by atoms with Crippen molar-refractivity contribution in [1.29, 1.82) is 0 Å². The van der Waals surface area contributed by atoms with E-state index in [1.54, 1.807) is 18.2 Å². The van der Waals surface area contributed by atoms with Gasteiger partial charge in [0.25, 0.3) is 11.6 Å². The number of nitro groups is 1. The van der Waals surface area contributed by atoms with Crippen LogP contribution in [-0.2, 0) is 6.42 Å². The second-order valence-electron chi connectivity index (χ2n) is 5.77. The maximum absolute atomic E-state index is 12.1. The molecular weight excluding hydrogens is 346 g/mol. The van der Waals surface area contributed by atoms with E-state index in [9.17, 15) is 14.9 Å². The first-order valence-electron chi connectivity index (χ1n) is 8.29. The lowest BCUT2D eigenvalue weighted by Crippen LogP contribution is -2.17. The van der Waals surface area contributed by atoms with Gasteiger partial charge in [-0.1, -0.05) is 31.2 Å². The first-order chi connectivity index (χ1) is 13.1. The Bertz CT molecular complexity index is 975. The van der Waals surface area contributed by atoms with Crippen LogP contribution in [0.2, 0.25) is 0 Å². The molecule has 0 saturated heterocycles. The van der Waals surface area contributed by atoms with Gasteiger partial charge in [0, 0.05) is 17.7 Å². The van der Waals surface area contributed by atoms with Gasteiger partial charge in [-0.25, -0.2) is 5.43 Å². The molecule has 0 saturated carbocycles. The van der Waals surface area contributed by atoms with Crippen LogP contribution in [0.4, 0.5) is 5.69 Å². The first kappa shape index (κ1) is 18.0. The minimum atomic E-state index is -0.478. The number of non-ortho nitro benzene ring substituents is 1. The fourth-order valence-electron chi connectivity index (χ4n) is 2.40. The maximum atomic E-state index is 12.1. The maximum Gasteiger partial charge on any atom is 0.289 e. The summed E-state index contributed by atoms with van der Waals surface area (Å²) in [5.74, 6) is -0.433. The van der Waals surface area contributed by atoms with Gasteiger partial charge in [-0.2, -0.15) is 10.2 Å². The summed E-state index contributed by atoms with van der Waals surface area (Å²) in [6, 6.07) is 15.5. The smallest absolute Gasteiger partial charge is 0.272 e. The molecule has 1 aromatic heterocycles. The van der Waals surface area contributed by atoms with E-state index >= 15 is 0 Å². The molecule has 8 heteroatoms. The van der Waals surface area contributed by atoms with Crippen LogP contribution >= 0.6 is 0 Å². The van der Waals surface area contributed by atoms with Gasteiger partial charge < -0.3 is 0 Å². The molecule has 3 rings (SSSR count). The average molecular weight is 363 g/mol. The highest BCUT2D eigenvalue weighted by atomic mass is 16.6. The SMILES string of the molecule is CCc1ccc(-c2cc(C(=O)N/N=C/c3ccc([N+](=O)[O-])cc3)[nH]n2)cc1. The molecule has 1 heterocycles. The Morgan fingerprint density at radius 3 is 2.56 bits per heavy atom. The van der Waals surface area contributed by atoms with Crippen molar-refractivity contribution in [2.24, 2.45) is 5.10 Å². The number of H-pyrrole nitrogens is 1. The number of carbonyl (C=O) groups excluding carboxylic acids is 1. The highest BCUT2D eigenvalue weighted by Gasteiger charge is 2.10. The Balaban J connectivity index is 1.62. The van der Waals surface area contributed by atoms with E-state index in [1.165, 1.54) is 23.9 Å². The Hall–Kier alpha value is -3.81. The summed E-state index contributed by atoms with van der Waals surface area (Å²) in [4.78, 5) is 22.3. The van der Waals surface area contributed by atoms with E-state index in [-0.39, 0.29) is 11.4 Å². The number of carbonyl (C=O) groups is 1. The zero-order valence-corrected chi connectivity index (χ0v) is 14.5. The van der Waals surface area contributed by atoms with E-state index in [4.69, 9.17) is 0 Å². The van der Waals surface area contributed by atoms with Gasteiger partial charge in [0.05, 0.1) is 16.8 Å². The Labute approximate surface area is 155 Å². The third kappa shape index (κ3) is 4.43. The molecule has 3 aromatic rings. The third-order valence-electron chi connectivity index (χ3n) is 3.96. The van der Waals surface area contributed by atoms with E-state index in [1.807, 2.05) is 24.3 Å². The molecule has 0 aliphatic carbocycles. The number of amides is 1. The predicted octanol–water partition coefficient (Wildman–Crippen LogP) is 3.31. The fourth-order valence-corrected chi connectivity index (χ4v) is 2.40. The van der Waals surface area contributed by atoms with Gasteiger partial charge in [0.2, 0.25) is 0 Å². The summed E-state index contributed by atoms with van der Waals surface area (Å²) < 4.78 is 0. The van der Waals surface area contributed by atoms with Crippen LogP contribution in [0.25, 0.3) is 11.3 Å². The van der Waals surface area contributed by atoms with Crippen LogP contribution in [0.15, 0.2) is 59.7 Å². The zero-order chi connectivity index (χ0) is 19.2. The number of nitrogens with zero attached hydrogens (tertiary/aromatic N) is 3. The van der Waals surface area contributed by atoms with Crippen molar-refractivity contribution in [3.8, 4) is 11.3 Å². The zero-order valence-electron chi connectivity index (χ0n) is 14.5. The lowest BCUT2D eigenvalue weighted by atomic mass is 10.1. The number of nitrogens with one attached hydrogen (secondary N) is 2. The molecule has 27 heavy (non-hydrogen) atoms. The lowest BCUT2D eigenvalue weighted by Gasteiger charge is -1.98. The monoisotopic (exact) mass is 363 g/mol. The molecule has 0 unspecified atom stereocenters. The molecule has 0 radical (unpaired) electrons. The van der Waals surface area contributed by atoms with Gasteiger partial charge in [0.15, 0.2) is 0 Å². The summed E-state index contributed by atoms with van der Waals surface area (Å²) in [7, 11) is 0. The first-order valence-corrected chi connectivity index (χ1v) is 8.29. The number of hydrazone groups is 1. The van der Waals surface area contributed by atoms with Crippen molar-refractivity contribution < 1.29 is 9.72 Å². The average Bonchev–Trinajstić information content (AvgIpc) is 3.19. The third-order valence-corrected chi connectivity index (χ3v) is 3.96. The Morgan fingerprint density at radius 2 is 1.93 bits per heavy atom. The normalized spacial score (nSPS) is 10.9. The van der Waals surface area contributed by atoms with Crippen LogP contribution < -0.4 is 5.43 Å². The van der Waals surface area contributed by atoms with Crippen molar-refractivity contribution in [3.05, 3.63) is 81.5 Å². The van der Waals surface area contributed by atoms with E-state index in [2.05, 4.69) is 27.6 Å². The van der Waals surface area contributed by atoms with Crippen molar-refractivity contribution in [2.75, 3.05) is 0 Å². The minimum Gasteiger partial charge on any atom is -0.272 e. The number of nitro benzene ring substituents is 1. The largest absolute Gasteiger partial charge is 0.289 e. The molecule has 136 valence electrons. The van der Waals surface area contributed by atoms with Crippen molar-refractivity contribution in [2.45, 2.75) is 13.3 Å². The second kappa shape index (κ2) is 8.05. The molecule has 0 spiro atoms. The number of hydrogen-bond donors (Lipinski definition) is 2. The molecule has 8 nitrogen and oxygen atoms in total. The van der Waals surface area contributed by atoms with Gasteiger partial charge in [0.1, 0.15) is 5.69 Å². The Kier molecular flexibility index (Phi) is 5.36. The number of benzene rings is 2. The van der Waals surface area contributed by atoms with Crippen molar-refractivity contribution in [3.63, 3.8) is 0 Å². The summed E-state index contributed by atoms with van der Waals surface area (Å²) in [6.07, 6.45) is 2.36. The number of hydrogen-bond acceptors (Lipinski definition) is 5. The molecule has 0 bridgehead atoms. The standard InChI is InChI=1S/C19H17N5O3/c1-2-13-3-7-15(8-4-13)17-11-18(22-21-17)19(25)23-20-12-14-5-9-16(10-6-14)24(26)27/h3-12H,2H2,1H3,(H,21,22)(H,23,25)/b20-12+. The van der Waals surface area contributed by atoms with E-state index < -0.39 is 10.8 Å². The molecule has 0 aliphatic heterocycles. The van der Waals surface area contributed by atoms with Gasteiger partial charge in [-0.15, -0.1) is 0 Å². The van der Waals surface area contributed by atoms with Crippen LogP contribution in [-0.4, -0.2) is 27.2 Å². The van der Waals surface area contributed by atoms with E-state index in [0.717, 1.165) is 12.0 Å².